The first-order chi connectivity index (χ1) is 8.29. The van der Waals surface area contributed by atoms with Crippen LogP contribution in [0, 0.1) is 0 Å². The van der Waals surface area contributed by atoms with Gasteiger partial charge in [-0.3, -0.25) is 0 Å². The Hall–Kier alpha value is -0.580. The first-order valence-corrected chi connectivity index (χ1v) is 6.82. The number of hydrogen-bond donors (Lipinski definition) is 1. The second-order valence-corrected chi connectivity index (χ2v) is 5.08. The second kappa shape index (κ2) is 6.38. The summed E-state index contributed by atoms with van der Waals surface area (Å²) in [6.07, 6.45) is 3.70. The molecule has 1 aliphatic heterocycles. The molecule has 1 saturated heterocycles. The van der Waals surface area contributed by atoms with Gasteiger partial charge in [0.2, 0.25) is 0 Å². The quantitative estimate of drug-likeness (QED) is 0.909. The van der Waals surface area contributed by atoms with Crippen molar-refractivity contribution in [2.24, 2.45) is 5.73 Å². The predicted molar refractivity (Wildman–Crippen MR) is 71.1 cm³/mol. The van der Waals surface area contributed by atoms with Crippen molar-refractivity contribution >= 4 is 15.9 Å². The highest BCUT2D eigenvalue weighted by Gasteiger charge is 2.15. The van der Waals surface area contributed by atoms with E-state index in [9.17, 15) is 0 Å². The Kier molecular flexibility index (Phi) is 4.83. The maximum atomic E-state index is 5.71. The lowest BCUT2D eigenvalue weighted by Gasteiger charge is -2.11. The first kappa shape index (κ1) is 12.9. The van der Waals surface area contributed by atoms with Gasteiger partial charge in [-0.1, -0.05) is 15.9 Å². The van der Waals surface area contributed by atoms with Crippen LogP contribution >= 0.6 is 15.9 Å². The molecule has 3 nitrogen and oxygen atoms in total. The minimum atomic E-state index is 0.388. The van der Waals surface area contributed by atoms with Gasteiger partial charge in [-0.2, -0.15) is 0 Å². The van der Waals surface area contributed by atoms with Crippen molar-refractivity contribution in [3.8, 4) is 5.75 Å². The molecule has 1 aliphatic rings. The van der Waals surface area contributed by atoms with Crippen LogP contribution in [-0.2, 0) is 11.3 Å². The van der Waals surface area contributed by atoms with Gasteiger partial charge >= 0.3 is 0 Å². The summed E-state index contributed by atoms with van der Waals surface area (Å²) in [5, 5.41) is 0. The normalized spacial score (nSPS) is 19.5. The van der Waals surface area contributed by atoms with Crippen LogP contribution in [0.15, 0.2) is 22.7 Å². The molecule has 0 spiro atoms. The second-order valence-electron chi connectivity index (χ2n) is 4.23. The van der Waals surface area contributed by atoms with Gasteiger partial charge < -0.3 is 15.2 Å². The van der Waals surface area contributed by atoms with Crippen molar-refractivity contribution in [3.63, 3.8) is 0 Å². The van der Waals surface area contributed by atoms with Crippen LogP contribution in [0.5, 0.6) is 5.75 Å². The average Bonchev–Trinajstić information content (AvgIpc) is 2.84. The molecule has 0 saturated carbocycles. The predicted octanol–water partition coefficient (Wildman–Crippen LogP) is 2.86. The van der Waals surface area contributed by atoms with Gasteiger partial charge in [0.05, 0.1) is 12.7 Å². The lowest BCUT2D eigenvalue weighted by molar-refractivity contribution is 0.0903. The lowest BCUT2D eigenvalue weighted by atomic mass is 10.2. The highest BCUT2D eigenvalue weighted by molar-refractivity contribution is 9.10. The Morgan fingerprint density at radius 3 is 3.06 bits per heavy atom. The van der Waals surface area contributed by atoms with Crippen LogP contribution < -0.4 is 10.5 Å². The van der Waals surface area contributed by atoms with Gasteiger partial charge in [-0.05, 0) is 36.6 Å². The highest BCUT2D eigenvalue weighted by Crippen LogP contribution is 2.23. The molecule has 94 valence electrons. The maximum absolute atomic E-state index is 5.71. The number of benzene rings is 1. The zero-order valence-electron chi connectivity index (χ0n) is 9.82. The molecule has 2 rings (SSSR count). The average molecular weight is 300 g/mol. The largest absolute Gasteiger partial charge is 0.493 e. The third-order valence-electron chi connectivity index (χ3n) is 2.97. The molecular weight excluding hydrogens is 282 g/mol. The van der Waals surface area contributed by atoms with E-state index in [0.717, 1.165) is 35.2 Å². The van der Waals surface area contributed by atoms with Gasteiger partial charge in [0.15, 0.2) is 0 Å². The van der Waals surface area contributed by atoms with Crippen molar-refractivity contribution in [1.82, 2.24) is 0 Å². The van der Waals surface area contributed by atoms with E-state index in [2.05, 4.69) is 15.9 Å². The molecule has 2 N–H and O–H groups in total. The maximum Gasteiger partial charge on any atom is 0.119 e. The van der Waals surface area contributed by atoms with Gasteiger partial charge in [-0.25, -0.2) is 0 Å². The molecule has 1 heterocycles. The molecule has 0 radical (unpaired) electrons. The van der Waals surface area contributed by atoms with Crippen molar-refractivity contribution in [1.29, 1.82) is 0 Å². The van der Waals surface area contributed by atoms with E-state index in [1.807, 2.05) is 18.2 Å². The molecule has 0 aliphatic carbocycles. The zero-order valence-corrected chi connectivity index (χ0v) is 11.4. The Morgan fingerprint density at radius 2 is 2.35 bits per heavy atom. The third-order valence-corrected chi connectivity index (χ3v) is 3.74. The van der Waals surface area contributed by atoms with Crippen LogP contribution in [0.25, 0.3) is 0 Å². The van der Waals surface area contributed by atoms with E-state index in [-0.39, 0.29) is 0 Å². The topological polar surface area (TPSA) is 44.5 Å². The Balaban J connectivity index is 1.81. The first-order valence-electron chi connectivity index (χ1n) is 6.02. The summed E-state index contributed by atoms with van der Waals surface area (Å²) < 4.78 is 12.3. The van der Waals surface area contributed by atoms with Crippen molar-refractivity contribution < 1.29 is 9.47 Å². The zero-order chi connectivity index (χ0) is 12.1. The molecule has 0 amide bonds. The van der Waals surface area contributed by atoms with Crippen LogP contribution in [0.2, 0.25) is 0 Å². The molecule has 1 atom stereocenters. The van der Waals surface area contributed by atoms with E-state index in [1.165, 1.54) is 6.42 Å². The van der Waals surface area contributed by atoms with E-state index >= 15 is 0 Å². The summed E-state index contributed by atoms with van der Waals surface area (Å²) in [5.41, 5.74) is 6.71. The minimum absolute atomic E-state index is 0.388. The molecule has 1 aromatic carbocycles. The molecule has 0 aromatic heterocycles. The van der Waals surface area contributed by atoms with Crippen LogP contribution in [0.3, 0.4) is 0 Å². The molecule has 1 unspecified atom stereocenters. The van der Waals surface area contributed by atoms with Crippen molar-refractivity contribution in [2.75, 3.05) is 13.2 Å². The Morgan fingerprint density at radius 1 is 1.47 bits per heavy atom. The monoisotopic (exact) mass is 299 g/mol. The summed E-state index contributed by atoms with van der Waals surface area (Å²) in [6.45, 7) is 2.13. The number of hydrogen-bond acceptors (Lipinski definition) is 3. The number of halogens is 1. The summed E-state index contributed by atoms with van der Waals surface area (Å²) in [5.74, 6) is 0.881. The molecule has 0 bridgehead atoms. The fourth-order valence-electron chi connectivity index (χ4n) is 1.98. The fraction of sp³-hybridized carbons (Fsp3) is 0.538. The minimum Gasteiger partial charge on any atom is -0.493 e. The summed E-state index contributed by atoms with van der Waals surface area (Å²) in [6, 6.07) is 5.92. The molecule has 17 heavy (non-hydrogen) atoms. The van der Waals surface area contributed by atoms with Crippen LogP contribution in [0.1, 0.15) is 24.8 Å². The number of rotatable bonds is 5. The van der Waals surface area contributed by atoms with Gasteiger partial charge in [0.25, 0.3) is 0 Å². The van der Waals surface area contributed by atoms with Crippen molar-refractivity contribution in [3.05, 3.63) is 28.2 Å². The third kappa shape index (κ3) is 3.69. The highest BCUT2D eigenvalue weighted by atomic mass is 79.9. The number of ether oxygens (including phenoxy) is 2. The molecular formula is C13H18BrNO2. The number of nitrogens with two attached hydrogens (primary N) is 1. The van der Waals surface area contributed by atoms with E-state index in [0.29, 0.717) is 19.3 Å². The van der Waals surface area contributed by atoms with Gasteiger partial charge in [0.1, 0.15) is 5.75 Å². The summed E-state index contributed by atoms with van der Waals surface area (Å²) in [7, 11) is 0. The standard InChI is InChI=1S/C13H18BrNO2/c14-13-4-3-12(8-10(13)9-15)17-7-5-11-2-1-6-16-11/h3-4,8,11H,1-2,5-7,9,15H2. The molecule has 1 fully saturated rings. The van der Waals surface area contributed by atoms with E-state index in [1.54, 1.807) is 0 Å². The SMILES string of the molecule is NCc1cc(OCCC2CCCO2)ccc1Br. The fourth-order valence-corrected chi connectivity index (χ4v) is 2.39. The lowest BCUT2D eigenvalue weighted by Crippen LogP contribution is -2.10. The van der Waals surface area contributed by atoms with Gasteiger partial charge in [0, 0.05) is 24.0 Å². The van der Waals surface area contributed by atoms with E-state index < -0.39 is 0 Å². The summed E-state index contributed by atoms with van der Waals surface area (Å²) in [4.78, 5) is 0. The molecule has 1 aromatic rings. The summed E-state index contributed by atoms with van der Waals surface area (Å²) >= 11 is 3.46. The smallest absolute Gasteiger partial charge is 0.119 e. The van der Waals surface area contributed by atoms with Crippen molar-refractivity contribution in [2.45, 2.75) is 31.9 Å². The molecule has 4 heteroatoms. The van der Waals surface area contributed by atoms with Crippen LogP contribution in [-0.4, -0.2) is 19.3 Å². The van der Waals surface area contributed by atoms with Crippen LogP contribution in [0.4, 0.5) is 0 Å². The van der Waals surface area contributed by atoms with Gasteiger partial charge in [-0.15, -0.1) is 0 Å². The Labute approximate surface area is 110 Å². The van der Waals surface area contributed by atoms with E-state index in [4.69, 9.17) is 15.2 Å². The Bertz CT molecular complexity index is 364.